The highest BCUT2D eigenvalue weighted by atomic mass is 19.1. The lowest BCUT2D eigenvalue weighted by Crippen LogP contribution is -2.33. The second-order valence-electron chi connectivity index (χ2n) is 7.45. The van der Waals surface area contributed by atoms with Crippen LogP contribution in [0.1, 0.15) is 22.6 Å². The smallest absolute Gasteiger partial charge is 0.407 e. The van der Waals surface area contributed by atoms with Gasteiger partial charge >= 0.3 is 12.1 Å². The summed E-state index contributed by atoms with van der Waals surface area (Å²) in [6, 6.07) is 9.66. The third-order valence-corrected chi connectivity index (χ3v) is 5.66. The number of hydrogen-bond donors (Lipinski definition) is 1. The number of hydrogen-bond acceptors (Lipinski definition) is 4. The first-order valence-corrected chi connectivity index (χ1v) is 10.1. The first-order valence-electron chi connectivity index (χ1n) is 10.1. The normalized spacial score (nSPS) is 13.6. The number of rotatable bonds is 4. The van der Waals surface area contributed by atoms with E-state index in [0.717, 1.165) is 22.4 Å². The number of carbonyl (C=O) groups is 2. The number of carbonyl (C=O) groups excluding carboxylic acids is 1. The van der Waals surface area contributed by atoms with Crippen molar-refractivity contribution < 1.29 is 23.8 Å². The Labute approximate surface area is 184 Å². The standard InChI is InChI=1S/C24H22FN3O4/c1-27-21(17-9-13-28(14-10-17)24(30)31)19(16-7-11-26-12-8-16)20(22(27)23(29)32-2)15-3-5-18(25)6-4-15/h3-9,11-12H,10,13-14H2,1-2H3,(H,30,31). The van der Waals surface area contributed by atoms with E-state index in [2.05, 4.69) is 4.98 Å². The number of nitrogens with zero attached hydrogens (tertiary/aromatic N) is 3. The van der Waals surface area contributed by atoms with Crippen LogP contribution < -0.4 is 0 Å². The Kier molecular flexibility index (Phi) is 5.77. The van der Waals surface area contributed by atoms with Crippen LogP contribution in [0.3, 0.4) is 0 Å². The molecule has 0 radical (unpaired) electrons. The quantitative estimate of drug-likeness (QED) is 0.612. The van der Waals surface area contributed by atoms with Crippen molar-refractivity contribution >= 4 is 17.6 Å². The van der Waals surface area contributed by atoms with Crippen LogP contribution in [0.15, 0.2) is 54.9 Å². The minimum Gasteiger partial charge on any atom is -0.465 e. The molecule has 8 heteroatoms. The summed E-state index contributed by atoms with van der Waals surface area (Å²) in [5.74, 6) is -0.893. The van der Waals surface area contributed by atoms with E-state index in [-0.39, 0.29) is 12.4 Å². The molecule has 1 amide bonds. The number of esters is 1. The Morgan fingerprint density at radius 1 is 1.06 bits per heavy atom. The molecule has 2 aromatic heterocycles. The summed E-state index contributed by atoms with van der Waals surface area (Å²) in [6.07, 6.45) is 4.72. The van der Waals surface area contributed by atoms with Gasteiger partial charge in [-0.05, 0) is 47.4 Å². The van der Waals surface area contributed by atoms with Crippen molar-refractivity contribution in [2.45, 2.75) is 6.42 Å². The van der Waals surface area contributed by atoms with Gasteiger partial charge in [-0.1, -0.05) is 18.2 Å². The van der Waals surface area contributed by atoms with Crippen molar-refractivity contribution in [2.75, 3.05) is 20.2 Å². The first kappa shape index (κ1) is 21.3. The topological polar surface area (TPSA) is 84.7 Å². The zero-order valence-corrected chi connectivity index (χ0v) is 17.7. The van der Waals surface area contributed by atoms with E-state index < -0.39 is 12.1 Å². The number of aromatic nitrogens is 2. The molecule has 3 aromatic rings. The lowest BCUT2D eigenvalue weighted by Gasteiger charge is -2.25. The van der Waals surface area contributed by atoms with Gasteiger partial charge in [-0.25, -0.2) is 14.0 Å². The minimum atomic E-state index is -0.969. The third kappa shape index (κ3) is 3.75. The van der Waals surface area contributed by atoms with Gasteiger partial charge in [0.05, 0.1) is 12.8 Å². The van der Waals surface area contributed by atoms with Crippen molar-refractivity contribution in [3.05, 3.63) is 72.1 Å². The average molecular weight is 435 g/mol. The molecule has 1 aliphatic rings. The number of benzene rings is 1. The molecule has 1 aromatic carbocycles. The third-order valence-electron chi connectivity index (χ3n) is 5.66. The number of pyridine rings is 1. The fourth-order valence-corrected chi connectivity index (χ4v) is 4.15. The van der Waals surface area contributed by atoms with Gasteiger partial charge in [-0.3, -0.25) is 4.98 Å². The molecular formula is C24H22FN3O4. The maximum atomic E-state index is 13.7. The predicted octanol–water partition coefficient (Wildman–Crippen LogP) is 4.45. The summed E-state index contributed by atoms with van der Waals surface area (Å²) in [7, 11) is 3.10. The highest BCUT2D eigenvalue weighted by molar-refractivity contribution is 6.05. The van der Waals surface area contributed by atoms with Crippen molar-refractivity contribution in [1.29, 1.82) is 0 Å². The lowest BCUT2D eigenvalue weighted by atomic mass is 9.91. The van der Waals surface area contributed by atoms with E-state index in [1.54, 1.807) is 36.1 Å². The highest BCUT2D eigenvalue weighted by Crippen LogP contribution is 2.43. The number of carboxylic acid groups (broad SMARTS) is 1. The molecule has 0 unspecified atom stereocenters. The average Bonchev–Trinajstić information content (AvgIpc) is 3.12. The fraction of sp³-hybridized carbons (Fsp3) is 0.208. The molecule has 0 saturated carbocycles. The SMILES string of the molecule is COC(=O)c1c(-c2ccc(F)cc2)c(-c2ccncc2)c(C2=CCN(C(=O)O)CC2)n1C. The number of amides is 1. The van der Waals surface area contributed by atoms with E-state index in [1.165, 1.54) is 24.1 Å². The maximum Gasteiger partial charge on any atom is 0.407 e. The molecule has 0 fully saturated rings. The van der Waals surface area contributed by atoms with Crippen LogP contribution in [0.25, 0.3) is 27.8 Å². The van der Waals surface area contributed by atoms with Crippen LogP contribution in [0.2, 0.25) is 0 Å². The van der Waals surface area contributed by atoms with Crippen molar-refractivity contribution in [1.82, 2.24) is 14.5 Å². The highest BCUT2D eigenvalue weighted by Gasteiger charge is 2.30. The molecule has 164 valence electrons. The van der Waals surface area contributed by atoms with E-state index >= 15 is 0 Å². The molecule has 0 saturated heterocycles. The Bertz CT molecular complexity index is 1200. The summed E-state index contributed by atoms with van der Waals surface area (Å²) in [5, 5.41) is 9.30. The summed E-state index contributed by atoms with van der Waals surface area (Å²) >= 11 is 0. The van der Waals surface area contributed by atoms with Crippen LogP contribution >= 0.6 is 0 Å². The molecule has 4 rings (SSSR count). The molecule has 1 aliphatic heterocycles. The van der Waals surface area contributed by atoms with Crippen molar-refractivity contribution in [3.8, 4) is 22.3 Å². The molecule has 0 aliphatic carbocycles. The Hall–Kier alpha value is -3.94. The number of ether oxygens (including phenoxy) is 1. The van der Waals surface area contributed by atoms with Crippen LogP contribution in [0, 0.1) is 5.82 Å². The molecular weight excluding hydrogens is 413 g/mol. The second kappa shape index (κ2) is 8.66. The summed E-state index contributed by atoms with van der Waals surface area (Å²) in [6.45, 7) is 0.604. The molecule has 0 spiro atoms. The lowest BCUT2D eigenvalue weighted by molar-refractivity contribution is 0.0590. The van der Waals surface area contributed by atoms with Gasteiger partial charge in [-0.2, -0.15) is 0 Å². The molecule has 32 heavy (non-hydrogen) atoms. The van der Waals surface area contributed by atoms with Crippen LogP contribution in [-0.4, -0.2) is 51.8 Å². The Morgan fingerprint density at radius 3 is 2.28 bits per heavy atom. The maximum absolute atomic E-state index is 13.7. The molecule has 1 N–H and O–H groups in total. The van der Waals surface area contributed by atoms with Gasteiger partial charge < -0.3 is 19.3 Å². The predicted molar refractivity (Wildman–Crippen MR) is 118 cm³/mol. The molecule has 7 nitrogen and oxygen atoms in total. The van der Waals surface area contributed by atoms with Gasteiger partial charge in [0.25, 0.3) is 0 Å². The van der Waals surface area contributed by atoms with Crippen LogP contribution in [0.4, 0.5) is 9.18 Å². The van der Waals surface area contributed by atoms with Gasteiger partial charge in [0.15, 0.2) is 0 Å². The van der Waals surface area contributed by atoms with E-state index in [4.69, 9.17) is 4.74 Å². The zero-order valence-electron chi connectivity index (χ0n) is 17.7. The summed E-state index contributed by atoms with van der Waals surface area (Å²) in [5.41, 5.74) is 4.98. The van der Waals surface area contributed by atoms with E-state index in [0.29, 0.717) is 29.8 Å². The summed E-state index contributed by atoms with van der Waals surface area (Å²) in [4.78, 5) is 29.7. The zero-order chi connectivity index (χ0) is 22.8. The monoisotopic (exact) mass is 435 g/mol. The largest absolute Gasteiger partial charge is 0.465 e. The Balaban J connectivity index is 2.02. The van der Waals surface area contributed by atoms with Gasteiger partial charge in [-0.15, -0.1) is 0 Å². The van der Waals surface area contributed by atoms with Gasteiger partial charge in [0.2, 0.25) is 0 Å². The van der Waals surface area contributed by atoms with Crippen LogP contribution in [-0.2, 0) is 11.8 Å². The summed E-state index contributed by atoms with van der Waals surface area (Å²) < 4.78 is 20.5. The fourth-order valence-electron chi connectivity index (χ4n) is 4.15. The molecule has 3 heterocycles. The van der Waals surface area contributed by atoms with Crippen molar-refractivity contribution in [3.63, 3.8) is 0 Å². The second-order valence-corrected chi connectivity index (χ2v) is 7.45. The Morgan fingerprint density at radius 2 is 1.72 bits per heavy atom. The van der Waals surface area contributed by atoms with E-state index in [1.807, 2.05) is 18.2 Å². The molecule has 0 atom stereocenters. The van der Waals surface area contributed by atoms with Crippen LogP contribution in [0.5, 0.6) is 0 Å². The molecule has 0 bridgehead atoms. The number of halogens is 1. The van der Waals surface area contributed by atoms with E-state index in [9.17, 15) is 19.1 Å². The van der Waals surface area contributed by atoms with Gasteiger partial charge in [0.1, 0.15) is 11.5 Å². The minimum absolute atomic E-state index is 0.255. The van der Waals surface area contributed by atoms with Crippen molar-refractivity contribution in [2.24, 2.45) is 7.05 Å². The van der Waals surface area contributed by atoms with Gasteiger partial charge in [0, 0.05) is 43.7 Å². The first-order chi connectivity index (χ1) is 15.4. The number of methoxy groups -OCH3 is 1.